The van der Waals surface area contributed by atoms with Crippen molar-refractivity contribution in [2.45, 2.75) is 19.4 Å². The van der Waals surface area contributed by atoms with E-state index in [1.165, 1.54) is 0 Å². The highest BCUT2D eigenvalue weighted by molar-refractivity contribution is 5.77. The van der Waals surface area contributed by atoms with Crippen molar-refractivity contribution in [3.8, 4) is 0 Å². The number of hydrogen-bond acceptors (Lipinski definition) is 4. The van der Waals surface area contributed by atoms with Gasteiger partial charge in [-0.05, 0) is 32.0 Å². The van der Waals surface area contributed by atoms with Crippen molar-refractivity contribution in [2.75, 3.05) is 11.9 Å². The van der Waals surface area contributed by atoms with Crippen molar-refractivity contribution in [1.29, 1.82) is 0 Å². The summed E-state index contributed by atoms with van der Waals surface area (Å²) in [5, 5.41) is 3.28. The Morgan fingerprint density at radius 2 is 2.25 bits per heavy atom. The number of aromatic amines is 1. The van der Waals surface area contributed by atoms with Crippen LogP contribution in [0.1, 0.15) is 13.8 Å². The summed E-state index contributed by atoms with van der Waals surface area (Å²) >= 11 is 0. The molecule has 86 valence electrons. The van der Waals surface area contributed by atoms with Crippen LogP contribution in [-0.2, 0) is 0 Å². The Kier molecular flexibility index (Phi) is 2.47. The minimum atomic E-state index is -0.440. The second-order valence-electron chi connectivity index (χ2n) is 4.44. The van der Waals surface area contributed by atoms with Gasteiger partial charge in [-0.2, -0.15) is 0 Å². The first-order chi connectivity index (χ1) is 7.50. The van der Waals surface area contributed by atoms with Crippen molar-refractivity contribution < 1.29 is 4.42 Å². The van der Waals surface area contributed by atoms with Crippen LogP contribution >= 0.6 is 0 Å². The van der Waals surface area contributed by atoms with Gasteiger partial charge < -0.3 is 15.5 Å². The van der Waals surface area contributed by atoms with Crippen LogP contribution in [0.2, 0.25) is 0 Å². The summed E-state index contributed by atoms with van der Waals surface area (Å²) < 4.78 is 4.92. The van der Waals surface area contributed by atoms with Crippen molar-refractivity contribution in [1.82, 2.24) is 4.98 Å². The molecule has 5 heteroatoms. The lowest BCUT2D eigenvalue weighted by atomic mass is 10.1. The number of aromatic nitrogens is 1. The molecule has 0 bridgehead atoms. The van der Waals surface area contributed by atoms with E-state index in [2.05, 4.69) is 10.3 Å². The molecule has 0 spiro atoms. The fourth-order valence-corrected chi connectivity index (χ4v) is 1.47. The number of H-pyrrole nitrogens is 1. The minimum Gasteiger partial charge on any atom is -0.408 e. The summed E-state index contributed by atoms with van der Waals surface area (Å²) in [6.07, 6.45) is 0. The molecule has 0 aliphatic heterocycles. The van der Waals surface area contributed by atoms with E-state index in [0.29, 0.717) is 17.6 Å². The third-order valence-corrected chi connectivity index (χ3v) is 2.41. The van der Waals surface area contributed by atoms with Crippen LogP contribution in [0.25, 0.3) is 11.1 Å². The Bertz CT molecular complexity index is 554. The third-order valence-electron chi connectivity index (χ3n) is 2.41. The van der Waals surface area contributed by atoms with E-state index in [1.54, 1.807) is 6.07 Å². The lowest BCUT2D eigenvalue weighted by Crippen LogP contribution is -2.39. The van der Waals surface area contributed by atoms with Crippen LogP contribution in [0.15, 0.2) is 27.4 Å². The van der Waals surface area contributed by atoms with Gasteiger partial charge in [0.1, 0.15) is 0 Å². The van der Waals surface area contributed by atoms with Crippen LogP contribution in [0.3, 0.4) is 0 Å². The summed E-state index contributed by atoms with van der Waals surface area (Å²) in [7, 11) is 0. The maximum atomic E-state index is 11.0. The number of hydrogen-bond donors (Lipinski definition) is 3. The largest absolute Gasteiger partial charge is 0.417 e. The van der Waals surface area contributed by atoms with Gasteiger partial charge >= 0.3 is 5.76 Å². The van der Waals surface area contributed by atoms with Gasteiger partial charge in [-0.3, -0.25) is 4.98 Å². The molecule has 0 saturated carbocycles. The first kappa shape index (κ1) is 10.8. The Morgan fingerprint density at radius 3 is 2.94 bits per heavy atom. The molecular weight excluding hydrogens is 206 g/mol. The summed E-state index contributed by atoms with van der Waals surface area (Å²) in [6, 6.07) is 5.44. The third kappa shape index (κ3) is 2.09. The number of rotatable bonds is 3. The van der Waals surface area contributed by atoms with Crippen molar-refractivity contribution in [3.63, 3.8) is 0 Å². The van der Waals surface area contributed by atoms with Crippen LogP contribution in [0, 0.1) is 0 Å². The zero-order valence-corrected chi connectivity index (χ0v) is 9.33. The summed E-state index contributed by atoms with van der Waals surface area (Å²) in [6.45, 7) is 4.54. The fourth-order valence-electron chi connectivity index (χ4n) is 1.47. The summed E-state index contributed by atoms with van der Waals surface area (Å²) in [4.78, 5) is 13.6. The summed E-state index contributed by atoms with van der Waals surface area (Å²) in [5.41, 5.74) is 7.59. The Hall–Kier alpha value is -1.75. The Labute approximate surface area is 92.6 Å². The topological polar surface area (TPSA) is 84.0 Å². The van der Waals surface area contributed by atoms with E-state index in [1.807, 2.05) is 26.0 Å². The molecule has 1 aromatic heterocycles. The zero-order chi connectivity index (χ0) is 11.8. The van der Waals surface area contributed by atoms with Crippen LogP contribution < -0.4 is 16.8 Å². The van der Waals surface area contributed by atoms with E-state index in [-0.39, 0.29) is 5.54 Å². The lowest BCUT2D eigenvalue weighted by Gasteiger charge is -2.25. The molecule has 2 aromatic rings. The first-order valence-corrected chi connectivity index (χ1v) is 5.11. The molecule has 0 aliphatic carbocycles. The highest BCUT2D eigenvalue weighted by Gasteiger charge is 2.15. The molecule has 4 N–H and O–H groups in total. The summed E-state index contributed by atoms with van der Waals surface area (Å²) in [5.74, 6) is -0.440. The second kappa shape index (κ2) is 3.68. The second-order valence-corrected chi connectivity index (χ2v) is 4.44. The number of fused-ring (bicyclic) bond motifs is 1. The smallest absolute Gasteiger partial charge is 0.408 e. The monoisotopic (exact) mass is 221 g/mol. The first-order valence-electron chi connectivity index (χ1n) is 5.11. The lowest BCUT2D eigenvalue weighted by molar-refractivity contribution is 0.555. The zero-order valence-electron chi connectivity index (χ0n) is 9.33. The van der Waals surface area contributed by atoms with E-state index in [9.17, 15) is 4.79 Å². The average molecular weight is 221 g/mol. The maximum Gasteiger partial charge on any atom is 0.417 e. The molecule has 2 rings (SSSR count). The van der Waals surface area contributed by atoms with Gasteiger partial charge in [0.05, 0.1) is 5.52 Å². The van der Waals surface area contributed by atoms with E-state index in [4.69, 9.17) is 10.2 Å². The van der Waals surface area contributed by atoms with Gasteiger partial charge in [-0.15, -0.1) is 0 Å². The van der Waals surface area contributed by atoms with Crippen LogP contribution in [0.4, 0.5) is 5.69 Å². The van der Waals surface area contributed by atoms with E-state index < -0.39 is 5.76 Å². The standard InChI is InChI=1S/C11H15N3O2/c1-11(2,6-12)14-7-3-4-9-8(5-7)13-10(15)16-9/h3-5,14H,6,12H2,1-2H3,(H,13,15). The molecule has 0 saturated heterocycles. The molecule has 0 aliphatic rings. The van der Waals surface area contributed by atoms with Gasteiger partial charge in [0.2, 0.25) is 0 Å². The number of anilines is 1. The number of oxazole rings is 1. The predicted octanol–water partition coefficient (Wildman–Crippen LogP) is 1.27. The molecule has 5 nitrogen and oxygen atoms in total. The number of nitrogens with one attached hydrogen (secondary N) is 2. The quantitative estimate of drug-likeness (QED) is 0.728. The predicted molar refractivity (Wildman–Crippen MR) is 63.6 cm³/mol. The highest BCUT2D eigenvalue weighted by atomic mass is 16.4. The molecule has 0 atom stereocenters. The van der Waals surface area contributed by atoms with Gasteiger partial charge in [-0.25, -0.2) is 4.79 Å². The van der Waals surface area contributed by atoms with E-state index in [0.717, 1.165) is 5.69 Å². The Morgan fingerprint density at radius 1 is 1.50 bits per heavy atom. The molecule has 0 amide bonds. The molecular formula is C11H15N3O2. The molecule has 1 aromatic carbocycles. The van der Waals surface area contributed by atoms with Gasteiger partial charge in [-0.1, -0.05) is 0 Å². The van der Waals surface area contributed by atoms with Crippen molar-refractivity contribution in [2.24, 2.45) is 5.73 Å². The normalized spacial score (nSPS) is 11.9. The fraction of sp³-hybridized carbons (Fsp3) is 0.364. The van der Waals surface area contributed by atoms with Gasteiger partial charge in [0.25, 0.3) is 0 Å². The average Bonchev–Trinajstić information content (AvgIpc) is 2.57. The number of nitrogens with two attached hydrogens (primary N) is 1. The molecule has 0 fully saturated rings. The molecule has 1 heterocycles. The minimum absolute atomic E-state index is 0.183. The van der Waals surface area contributed by atoms with Gasteiger partial charge in [0.15, 0.2) is 5.58 Å². The van der Waals surface area contributed by atoms with Gasteiger partial charge in [0, 0.05) is 17.8 Å². The van der Waals surface area contributed by atoms with Crippen LogP contribution in [-0.4, -0.2) is 17.1 Å². The van der Waals surface area contributed by atoms with Crippen LogP contribution in [0.5, 0.6) is 0 Å². The van der Waals surface area contributed by atoms with E-state index >= 15 is 0 Å². The molecule has 0 radical (unpaired) electrons. The number of benzene rings is 1. The molecule has 16 heavy (non-hydrogen) atoms. The highest BCUT2D eigenvalue weighted by Crippen LogP contribution is 2.19. The van der Waals surface area contributed by atoms with Crippen molar-refractivity contribution in [3.05, 3.63) is 28.7 Å². The van der Waals surface area contributed by atoms with Crippen molar-refractivity contribution >= 4 is 16.8 Å². The SMILES string of the molecule is CC(C)(CN)Nc1ccc2oc(=O)[nH]c2c1. The molecule has 0 unspecified atom stereocenters. The maximum absolute atomic E-state index is 11.0. The Balaban J connectivity index is 2.36.